The second kappa shape index (κ2) is 6.72. The quantitative estimate of drug-likeness (QED) is 0.833. The Bertz CT molecular complexity index is 691. The third-order valence-electron chi connectivity index (χ3n) is 4.90. The van der Waals surface area contributed by atoms with E-state index in [4.69, 9.17) is 9.47 Å². The van der Waals surface area contributed by atoms with Crippen molar-refractivity contribution in [2.45, 2.75) is 32.0 Å². The largest absolute Gasteiger partial charge is 0.358 e. The third-order valence-corrected chi connectivity index (χ3v) is 4.90. The molecule has 1 aliphatic carbocycles. The van der Waals surface area contributed by atoms with Gasteiger partial charge in [-0.05, 0) is 30.4 Å². The molecule has 0 saturated carbocycles. The lowest BCUT2D eigenvalue weighted by atomic mass is 9.77. The maximum absolute atomic E-state index is 12.6. The van der Waals surface area contributed by atoms with Crippen molar-refractivity contribution in [2.75, 3.05) is 20.8 Å². The Morgan fingerprint density at radius 1 is 1.35 bits per heavy atom. The number of nitrogens with one attached hydrogen (secondary N) is 2. The maximum atomic E-state index is 12.6. The summed E-state index contributed by atoms with van der Waals surface area (Å²) in [6, 6.07) is 8.31. The number of para-hydroxylation sites is 1. The van der Waals surface area contributed by atoms with Crippen molar-refractivity contribution < 1.29 is 14.3 Å². The predicted octanol–water partition coefficient (Wildman–Crippen LogP) is 2.57. The van der Waals surface area contributed by atoms with Crippen molar-refractivity contribution >= 4 is 16.8 Å². The lowest BCUT2D eigenvalue weighted by Crippen LogP contribution is -2.40. The molecule has 0 fully saturated rings. The average molecular weight is 316 g/mol. The van der Waals surface area contributed by atoms with E-state index in [-0.39, 0.29) is 17.7 Å². The fraction of sp³-hybridized carbons (Fsp3) is 0.500. The molecule has 5 heteroatoms. The molecule has 0 radical (unpaired) electrons. The van der Waals surface area contributed by atoms with Crippen molar-refractivity contribution in [1.82, 2.24) is 10.3 Å². The van der Waals surface area contributed by atoms with Crippen LogP contribution in [0.5, 0.6) is 0 Å². The summed E-state index contributed by atoms with van der Waals surface area (Å²) in [4.78, 5) is 16.1. The number of methoxy groups -OCH3 is 2. The molecule has 0 bridgehead atoms. The van der Waals surface area contributed by atoms with E-state index >= 15 is 0 Å². The maximum Gasteiger partial charge on any atom is 0.223 e. The Labute approximate surface area is 136 Å². The molecule has 2 N–H and O–H groups in total. The fourth-order valence-electron chi connectivity index (χ4n) is 3.62. The van der Waals surface area contributed by atoms with E-state index in [1.54, 1.807) is 14.2 Å². The minimum atomic E-state index is -0.401. The summed E-state index contributed by atoms with van der Waals surface area (Å²) in [5, 5.41) is 4.19. The molecule has 2 atom stereocenters. The molecule has 124 valence electrons. The number of rotatable bonds is 5. The van der Waals surface area contributed by atoms with E-state index in [0.717, 1.165) is 18.4 Å². The number of hydrogen-bond acceptors (Lipinski definition) is 3. The van der Waals surface area contributed by atoms with Gasteiger partial charge in [-0.15, -0.1) is 0 Å². The minimum Gasteiger partial charge on any atom is -0.358 e. The number of H-pyrrole nitrogens is 1. The molecule has 3 rings (SSSR count). The van der Waals surface area contributed by atoms with Crippen LogP contribution < -0.4 is 5.32 Å². The van der Waals surface area contributed by atoms with Crippen molar-refractivity contribution in [2.24, 2.45) is 5.92 Å². The van der Waals surface area contributed by atoms with Crippen LogP contribution in [0.15, 0.2) is 24.3 Å². The third kappa shape index (κ3) is 2.99. The van der Waals surface area contributed by atoms with Gasteiger partial charge in [0.05, 0.1) is 6.54 Å². The summed E-state index contributed by atoms with van der Waals surface area (Å²) in [5.74, 6) is 0.252. The Morgan fingerprint density at radius 3 is 2.83 bits per heavy atom. The fourth-order valence-corrected chi connectivity index (χ4v) is 3.62. The lowest BCUT2D eigenvalue weighted by Gasteiger charge is -2.29. The second-order valence-corrected chi connectivity index (χ2v) is 6.14. The van der Waals surface area contributed by atoms with Gasteiger partial charge >= 0.3 is 0 Å². The van der Waals surface area contributed by atoms with Crippen LogP contribution in [0.1, 0.15) is 30.5 Å². The molecule has 1 heterocycles. The molecular weight excluding hydrogens is 292 g/mol. The van der Waals surface area contributed by atoms with E-state index < -0.39 is 6.29 Å². The van der Waals surface area contributed by atoms with E-state index in [2.05, 4.69) is 35.4 Å². The summed E-state index contributed by atoms with van der Waals surface area (Å²) < 4.78 is 10.2. The van der Waals surface area contributed by atoms with Crippen LogP contribution in [-0.4, -0.2) is 37.9 Å². The SMILES string of the molecule is COC(CNC(=O)C1CCc2[nH]c3ccccc3c2C1C)OC. The summed E-state index contributed by atoms with van der Waals surface area (Å²) in [6.07, 6.45) is 1.36. The van der Waals surface area contributed by atoms with Gasteiger partial charge in [0.25, 0.3) is 0 Å². The van der Waals surface area contributed by atoms with Crippen molar-refractivity contribution in [3.05, 3.63) is 35.5 Å². The lowest BCUT2D eigenvalue weighted by molar-refractivity contribution is -0.131. The van der Waals surface area contributed by atoms with Crippen LogP contribution in [0.3, 0.4) is 0 Å². The first-order chi connectivity index (χ1) is 11.2. The van der Waals surface area contributed by atoms with Gasteiger partial charge in [0.1, 0.15) is 0 Å². The number of carbonyl (C=O) groups excluding carboxylic acids is 1. The number of ether oxygens (including phenoxy) is 2. The van der Waals surface area contributed by atoms with Crippen LogP contribution in [0, 0.1) is 5.92 Å². The molecular formula is C18H24N2O3. The number of fused-ring (bicyclic) bond motifs is 3. The van der Waals surface area contributed by atoms with Gasteiger partial charge in [0.2, 0.25) is 5.91 Å². The van der Waals surface area contributed by atoms with Crippen LogP contribution in [0.4, 0.5) is 0 Å². The first kappa shape index (κ1) is 16.0. The minimum absolute atomic E-state index is 0.0175. The molecule has 2 unspecified atom stereocenters. The van der Waals surface area contributed by atoms with Gasteiger partial charge in [0.15, 0.2) is 6.29 Å². The zero-order valence-electron chi connectivity index (χ0n) is 13.9. The molecule has 1 aromatic heterocycles. The van der Waals surface area contributed by atoms with Gasteiger partial charge in [0, 0.05) is 36.7 Å². The highest BCUT2D eigenvalue weighted by molar-refractivity contribution is 5.88. The monoisotopic (exact) mass is 316 g/mol. The molecule has 0 saturated heterocycles. The Balaban J connectivity index is 1.77. The predicted molar refractivity (Wildman–Crippen MR) is 89.3 cm³/mol. The average Bonchev–Trinajstić information content (AvgIpc) is 2.95. The Hall–Kier alpha value is -1.85. The molecule has 0 aliphatic heterocycles. The number of aromatic nitrogens is 1. The Morgan fingerprint density at radius 2 is 2.09 bits per heavy atom. The number of benzene rings is 1. The summed E-state index contributed by atoms with van der Waals surface area (Å²) in [7, 11) is 3.14. The topological polar surface area (TPSA) is 63.3 Å². The van der Waals surface area contributed by atoms with Gasteiger partial charge in [-0.1, -0.05) is 25.1 Å². The van der Waals surface area contributed by atoms with Crippen LogP contribution in [-0.2, 0) is 20.7 Å². The zero-order valence-corrected chi connectivity index (χ0v) is 13.9. The molecule has 23 heavy (non-hydrogen) atoms. The molecule has 2 aromatic rings. The van der Waals surface area contributed by atoms with E-state index in [9.17, 15) is 4.79 Å². The standard InChI is InChI=1S/C18H24N2O3/c1-11-12(18(21)19-10-16(22-2)23-3)8-9-15-17(11)13-6-4-5-7-14(13)20-15/h4-7,11-12,16,20H,8-10H2,1-3H3,(H,19,21). The number of hydrogen-bond donors (Lipinski definition) is 2. The molecule has 1 aromatic carbocycles. The first-order valence-corrected chi connectivity index (χ1v) is 8.08. The Kier molecular flexibility index (Phi) is 4.68. The highest BCUT2D eigenvalue weighted by Crippen LogP contribution is 2.40. The molecule has 5 nitrogen and oxygen atoms in total. The van der Waals surface area contributed by atoms with Gasteiger partial charge < -0.3 is 19.8 Å². The zero-order chi connectivity index (χ0) is 16.4. The number of aryl methyl sites for hydroxylation is 1. The van der Waals surface area contributed by atoms with Crippen LogP contribution >= 0.6 is 0 Å². The number of aromatic amines is 1. The van der Waals surface area contributed by atoms with Crippen LogP contribution in [0.25, 0.3) is 10.9 Å². The summed E-state index contributed by atoms with van der Waals surface area (Å²) >= 11 is 0. The van der Waals surface area contributed by atoms with E-state index in [0.29, 0.717) is 6.54 Å². The molecule has 0 spiro atoms. The molecule has 1 aliphatic rings. The van der Waals surface area contributed by atoms with Gasteiger partial charge in [-0.3, -0.25) is 4.79 Å². The van der Waals surface area contributed by atoms with Crippen molar-refractivity contribution in [3.8, 4) is 0 Å². The first-order valence-electron chi connectivity index (χ1n) is 8.08. The number of amides is 1. The number of carbonyl (C=O) groups is 1. The van der Waals surface area contributed by atoms with Crippen LogP contribution in [0.2, 0.25) is 0 Å². The smallest absolute Gasteiger partial charge is 0.223 e. The van der Waals surface area contributed by atoms with Crippen molar-refractivity contribution in [3.63, 3.8) is 0 Å². The molecule has 1 amide bonds. The summed E-state index contributed by atoms with van der Waals surface area (Å²) in [6.45, 7) is 2.52. The summed E-state index contributed by atoms with van der Waals surface area (Å²) in [5.41, 5.74) is 3.72. The highest BCUT2D eigenvalue weighted by Gasteiger charge is 2.33. The second-order valence-electron chi connectivity index (χ2n) is 6.14. The highest BCUT2D eigenvalue weighted by atomic mass is 16.7. The van der Waals surface area contributed by atoms with Crippen molar-refractivity contribution in [1.29, 1.82) is 0 Å². The van der Waals surface area contributed by atoms with Gasteiger partial charge in [-0.2, -0.15) is 0 Å². The van der Waals surface area contributed by atoms with Gasteiger partial charge in [-0.25, -0.2) is 0 Å². The normalized spacial score (nSPS) is 20.7. The van der Waals surface area contributed by atoms with E-state index in [1.165, 1.54) is 16.6 Å². The van der Waals surface area contributed by atoms with E-state index in [1.807, 2.05) is 6.07 Å².